The van der Waals surface area contributed by atoms with Crippen LogP contribution in [0.5, 0.6) is 5.75 Å². The minimum atomic E-state index is 0.534. The van der Waals surface area contributed by atoms with Gasteiger partial charge in [0.25, 0.3) is 0 Å². The molecule has 21 heavy (non-hydrogen) atoms. The molecule has 124 valence electrons. The van der Waals surface area contributed by atoms with Crippen molar-refractivity contribution in [1.29, 1.82) is 0 Å². The van der Waals surface area contributed by atoms with E-state index >= 15 is 0 Å². The minimum Gasteiger partial charge on any atom is -0.493 e. The van der Waals surface area contributed by atoms with Crippen LogP contribution in [0.2, 0.25) is 0 Å². The molecular formula is C19H36O2. The quantitative estimate of drug-likeness (QED) is 0.608. The Morgan fingerprint density at radius 2 is 1.48 bits per heavy atom. The lowest BCUT2D eigenvalue weighted by atomic mass is 10.1. The van der Waals surface area contributed by atoms with Gasteiger partial charge in [0.1, 0.15) is 5.75 Å². The molecular weight excluding hydrogens is 260 g/mol. The maximum Gasteiger partial charge on any atom is 0.119 e. The minimum absolute atomic E-state index is 0.534. The Morgan fingerprint density at radius 3 is 1.90 bits per heavy atom. The number of methoxy groups -OCH3 is 1. The molecule has 1 rings (SSSR count). The van der Waals surface area contributed by atoms with E-state index in [1.807, 2.05) is 39.8 Å². The average molecular weight is 296 g/mol. The molecule has 0 spiro atoms. The first-order valence-electron chi connectivity index (χ1n) is 7.90. The summed E-state index contributed by atoms with van der Waals surface area (Å²) in [7, 11) is 1.73. The zero-order chi connectivity index (χ0) is 17.1. The fourth-order valence-corrected chi connectivity index (χ4v) is 1.28. The van der Waals surface area contributed by atoms with E-state index in [0.29, 0.717) is 5.92 Å². The third-order valence-corrected chi connectivity index (χ3v) is 2.37. The van der Waals surface area contributed by atoms with Gasteiger partial charge in [0.2, 0.25) is 0 Å². The molecule has 0 bridgehead atoms. The summed E-state index contributed by atoms with van der Waals surface area (Å²) < 4.78 is 10.7. The summed E-state index contributed by atoms with van der Waals surface area (Å²) >= 11 is 0. The molecule has 2 nitrogen and oxygen atoms in total. The van der Waals surface area contributed by atoms with Crippen LogP contribution in [0.25, 0.3) is 0 Å². The Bertz CT molecular complexity index is 280. The van der Waals surface area contributed by atoms with Crippen molar-refractivity contribution in [3.8, 4) is 5.75 Å². The van der Waals surface area contributed by atoms with Crippen LogP contribution in [0.4, 0.5) is 0 Å². The zero-order valence-electron chi connectivity index (χ0n) is 15.2. The standard InChI is InChI=1S/C13H20O2.2C2H6.C2H4/c1-11-4-6-13(7-5-11)15-10-12(2)8-9-14-3;3*1-2/h4-7,12H,8-10H2,1-3H3;2*1-2H3;1-2H2. The lowest BCUT2D eigenvalue weighted by molar-refractivity contribution is 0.160. The van der Waals surface area contributed by atoms with Crippen LogP contribution in [-0.4, -0.2) is 20.3 Å². The Balaban J connectivity index is -0.000000478. The molecule has 0 aromatic heterocycles. The van der Waals surface area contributed by atoms with Crippen molar-refractivity contribution in [3.05, 3.63) is 43.0 Å². The summed E-state index contributed by atoms with van der Waals surface area (Å²) in [6.45, 7) is 19.8. The number of rotatable bonds is 6. The Labute approximate surface area is 133 Å². The van der Waals surface area contributed by atoms with Crippen molar-refractivity contribution in [1.82, 2.24) is 0 Å². The molecule has 0 aliphatic rings. The molecule has 0 amide bonds. The SMILES string of the molecule is C=C.CC.CC.COCCC(C)COc1ccc(C)cc1. The second kappa shape index (κ2) is 21.0. The molecule has 0 heterocycles. The predicted octanol–water partition coefficient (Wildman–Crippen LogP) is 5.90. The van der Waals surface area contributed by atoms with Crippen molar-refractivity contribution < 1.29 is 9.47 Å². The monoisotopic (exact) mass is 296 g/mol. The van der Waals surface area contributed by atoms with Gasteiger partial charge in [-0.3, -0.25) is 0 Å². The number of ether oxygens (including phenoxy) is 2. The summed E-state index contributed by atoms with van der Waals surface area (Å²) in [5, 5.41) is 0. The molecule has 0 fully saturated rings. The lowest BCUT2D eigenvalue weighted by Crippen LogP contribution is -2.10. The van der Waals surface area contributed by atoms with Crippen LogP contribution in [0.3, 0.4) is 0 Å². The van der Waals surface area contributed by atoms with Crippen molar-refractivity contribution in [2.75, 3.05) is 20.3 Å². The molecule has 1 aromatic rings. The van der Waals surface area contributed by atoms with Crippen LogP contribution in [0, 0.1) is 12.8 Å². The summed E-state index contributed by atoms with van der Waals surface area (Å²) in [6.07, 6.45) is 1.04. The van der Waals surface area contributed by atoms with Crippen molar-refractivity contribution in [2.45, 2.75) is 48.0 Å². The summed E-state index contributed by atoms with van der Waals surface area (Å²) in [6, 6.07) is 8.15. The van der Waals surface area contributed by atoms with Gasteiger partial charge >= 0.3 is 0 Å². The predicted molar refractivity (Wildman–Crippen MR) is 96.3 cm³/mol. The molecule has 0 saturated carbocycles. The molecule has 2 heteroatoms. The number of hydrogen-bond donors (Lipinski definition) is 0. The summed E-state index contributed by atoms with van der Waals surface area (Å²) in [5.74, 6) is 1.48. The van der Waals surface area contributed by atoms with Crippen LogP contribution in [-0.2, 0) is 4.74 Å². The van der Waals surface area contributed by atoms with Gasteiger partial charge in [-0.25, -0.2) is 0 Å². The largest absolute Gasteiger partial charge is 0.493 e. The van der Waals surface area contributed by atoms with Crippen molar-refractivity contribution in [2.24, 2.45) is 5.92 Å². The highest BCUT2D eigenvalue weighted by atomic mass is 16.5. The molecule has 1 unspecified atom stereocenters. The van der Waals surface area contributed by atoms with Gasteiger partial charge in [0.15, 0.2) is 0 Å². The van der Waals surface area contributed by atoms with E-state index in [9.17, 15) is 0 Å². The first kappa shape index (κ1) is 24.7. The summed E-state index contributed by atoms with van der Waals surface area (Å²) in [4.78, 5) is 0. The topological polar surface area (TPSA) is 18.5 Å². The van der Waals surface area contributed by atoms with E-state index in [0.717, 1.165) is 25.4 Å². The highest BCUT2D eigenvalue weighted by molar-refractivity contribution is 5.26. The first-order chi connectivity index (χ1) is 10.2. The average Bonchev–Trinajstić information content (AvgIpc) is 2.58. The van der Waals surface area contributed by atoms with Crippen molar-refractivity contribution >= 4 is 0 Å². The summed E-state index contributed by atoms with van der Waals surface area (Å²) in [5.41, 5.74) is 1.26. The van der Waals surface area contributed by atoms with E-state index in [1.165, 1.54) is 5.56 Å². The lowest BCUT2D eigenvalue weighted by Gasteiger charge is -2.12. The molecule has 0 aliphatic heterocycles. The second-order valence-electron chi connectivity index (χ2n) is 4.01. The van der Waals surface area contributed by atoms with Gasteiger partial charge < -0.3 is 9.47 Å². The number of aryl methyl sites for hydroxylation is 1. The maximum atomic E-state index is 5.66. The van der Waals surface area contributed by atoms with E-state index in [4.69, 9.17) is 9.47 Å². The van der Waals surface area contributed by atoms with E-state index < -0.39 is 0 Å². The van der Waals surface area contributed by atoms with Crippen LogP contribution < -0.4 is 4.74 Å². The third kappa shape index (κ3) is 16.7. The Morgan fingerprint density at radius 1 is 1.00 bits per heavy atom. The van der Waals surface area contributed by atoms with Gasteiger partial charge in [-0.2, -0.15) is 0 Å². The van der Waals surface area contributed by atoms with Crippen LogP contribution in [0.1, 0.15) is 46.6 Å². The molecule has 0 saturated heterocycles. The van der Waals surface area contributed by atoms with Gasteiger partial charge in [-0.05, 0) is 31.4 Å². The van der Waals surface area contributed by atoms with Gasteiger partial charge in [0, 0.05) is 13.7 Å². The van der Waals surface area contributed by atoms with E-state index in [1.54, 1.807) is 7.11 Å². The molecule has 0 N–H and O–H groups in total. The normalized spacial score (nSPS) is 9.67. The number of hydrogen-bond acceptors (Lipinski definition) is 2. The van der Waals surface area contributed by atoms with Crippen LogP contribution >= 0.6 is 0 Å². The molecule has 1 aromatic carbocycles. The molecule has 0 radical (unpaired) electrons. The smallest absolute Gasteiger partial charge is 0.119 e. The van der Waals surface area contributed by atoms with Gasteiger partial charge in [-0.1, -0.05) is 52.3 Å². The van der Waals surface area contributed by atoms with Crippen molar-refractivity contribution in [3.63, 3.8) is 0 Å². The van der Waals surface area contributed by atoms with Crippen LogP contribution in [0.15, 0.2) is 37.4 Å². The Hall–Kier alpha value is -1.28. The van der Waals surface area contributed by atoms with Gasteiger partial charge in [0.05, 0.1) is 6.61 Å². The maximum absolute atomic E-state index is 5.66. The highest BCUT2D eigenvalue weighted by Gasteiger charge is 2.02. The number of benzene rings is 1. The molecule has 0 aliphatic carbocycles. The second-order valence-corrected chi connectivity index (χ2v) is 4.01. The fraction of sp³-hybridized carbons (Fsp3) is 0.579. The van der Waals surface area contributed by atoms with E-state index in [-0.39, 0.29) is 0 Å². The van der Waals surface area contributed by atoms with Gasteiger partial charge in [-0.15, -0.1) is 13.2 Å². The first-order valence-corrected chi connectivity index (χ1v) is 7.90. The molecule has 1 atom stereocenters. The zero-order valence-corrected chi connectivity index (χ0v) is 15.2. The highest BCUT2D eigenvalue weighted by Crippen LogP contribution is 2.13. The fourth-order valence-electron chi connectivity index (χ4n) is 1.28. The van der Waals surface area contributed by atoms with E-state index in [2.05, 4.69) is 39.1 Å². The third-order valence-electron chi connectivity index (χ3n) is 2.37. The Kier molecular flexibility index (Phi) is 24.8.